The zero-order valence-corrected chi connectivity index (χ0v) is 9.05. The SMILES string of the molecule is CC1CCc2ccccc2N1C(N)=S. The second-order valence-electron chi connectivity index (χ2n) is 3.72. The summed E-state index contributed by atoms with van der Waals surface area (Å²) >= 11 is 5.07. The molecule has 3 heteroatoms. The fourth-order valence-corrected chi connectivity index (χ4v) is 2.30. The number of aryl methyl sites for hydroxylation is 1. The Labute approximate surface area is 89.7 Å². The summed E-state index contributed by atoms with van der Waals surface area (Å²) in [7, 11) is 0. The summed E-state index contributed by atoms with van der Waals surface area (Å²) < 4.78 is 0. The van der Waals surface area contributed by atoms with Crippen LogP contribution in [0.1, 0.15) is 18.9 Å². The molecule has 1 aliphatic heterocycles. The highest BCUT2D eigenvalue weighted by Crippen LogP contribution is 2.29. The van der Waals surface area contributed by atoms with Gasteiger partial charge in [0.05, 0.1) is 0 Å². The number of nitrogens with two attached hydrogens (primary N) is 1. The Morgan fingerprint density at radius 2 is 2.21 bits per heavy atom. The molecule has 0 amide bonds. The molecule has 0 aliphatic carbocycles. The van der Waals surface area contributed by atoms with Crippen molar-refractivity contribution in [3.8, 4) is 0 Å². The molecule has 0 saturated heterocycles. The van der Waals surface area contributed by atoms with Gasteiger partial charge < -0.3 is 10.6 Å². The van der Waals surface area contributed by atoms with Crippen LogP contribution in [0.5, 0.6) is 0 Å². The van der Waals surface area contributed by atoms with E-state index in [4.69, 9.17) is 18.0 Å². The fourth-order valence-electron chi connectivity index (χ4n) is 2.02. The number of anilines is 1. The molecule has 74 valence electrons. The molecular weight excluding hydrogens is 192 g/mol. The molecule has 0 bridgehead atoms. The van der Waals surface area contributed by atoms with Crippen LogP contribution < -0.4 is 10.6 Å². The maximum atomic E-state index is 5.73. The quantitative estimate of drug-likeness (QED) is 0.659. The van der Waals surface area contributed by atoms with E-state index >= 15 is 0 Å². The van der Waals surface area contributed by atoms with Gasteiger partial charge in [0.15, 0.2) is 5.11 Å². The maximum absolute atomic E-state index is 5.73. The molecule has 1 heterocycles. The molecule has 0 spiro atoms. The van der Waals surface area contributed by atoms with E-state index in [1.165, 1.54) is 11.3 Å². The predicted molar refractivity (Wildman–Crippen MR) is 63.5 cm³/mol. The number of hydrogen-bond donors (Lipinski definition) is 1. The van der Waals surface area contributed by atoms with Crippen molar-refractivity contribution in [2.24, 2.45) is 5.73 Å². The number of hydrogen-bond acceptors (Lipinski definition) is 1. The average Bonchev–Trinajstić information content (AvgIpc) is 2.17. The highest BCUT2D eigenvalue weighted by molar-refractivity contribution is 7.80. The van der Waals surface area contributed by atoms with Gasteiger partial charge in [-0.2, -0.15) is 0 Å². The summed E-state index contributed by atoms with van der Waals surface area (Å²) in [6.07, 6.45) is 2.24. The number of para-hydroxylation sites is 1. The first-order valence-electron chi connectivity index (χ1n) is 4.86. The van der Waals surface area contributed by atoms with Gasteiger partial charge in [0.2, 0.25) is 0 Å². The summed E-state index contributed by atoms with van der Waals surface area (Å²) in [5.41, 5.74) is 8.25. The third-order valence-electron chi connectivity index (χ3n) is 2.76. The molecule has 14 heavy (non-hydrogen) atoms. The Kier molecular flexibility index (Phi) is 2.42. The standard InChI is InChI=1S/C11H14N2S/c1-8-6-7-9-4-2-3-5-10(9)13(8)11(12)14/h2-5,8H,6-7H2,1H3,(H2,12,14). The molecule has 1 unspecified atom stereocenters. The lowest BCUT2D eigenvalue weighted by Crippen LogP contribution is -2.45. The van der Waals surface area contributed by atoms with Crippen LogP contribution in [0.15, 0.2) is 24.3 Å². The second-order valence-corrected chi connectivity index (χ2v) is 4.14. The number of thiocarbonyl (C=S) groups is 1. The van der Waals surface area contributed by atoms with Crippen LogP contribution in [0.4, 0.5) is 5.69 Å². The van der Waals surface area contributed by atoms with E-state index in [0.29, 0.717) is 11.2 Å². The monoisotopic (exact) mass is 206 g/mol. The summed E-state index contributed by atoms with van der Waals surface area (Å²) in [5.74, 6) is 0. The van der Waals surface area contributed by atoms with Gasteiger partial charge in [0.1, 0.15) is 0 Å². The van der Waals surface area contributed by atoms with Crippen molar-refractivity contribution in [1.82, 2.24) is 0 Å². The Bertz CT molecular complexity index is 362. The first kappa shape index (κ1) is 9.46. The zero-order valence-electron chi connectivity index (χ0n) is 8.23. The predicted octanol–water partition coefficient (Wildman–Crippen LogP) is 2.07. The van der Waals surface area contributed by atoms with Crippen molar-refractivity contribution in [3.63, 3.8) is 0 Å². The molecule has 1 aromatic carbocycles. The van der Waals surface area contributed by atoms with Crippen molar-refractivity contribution in [3.05, 3.63) is 29.8 Å². The first-order chi connectivity index (χ1) is 6.70. The highest BCUT2D eigenvalue weighted by atomic mass is 32.1. The molecule has 0 saturated carbocycles. The molecule has 2 rings (SSSR count). The molecule has 1 aliphatic rings. The number of nitrogens with zero attached hydrogens (tertiary/aromatic N) is 1. The largest absolute Gasteiger partial charge is 0.376 e. The zero-order chi connectivity index (χ0) is 10.1. The van der Waals surface area contributed by atoms with E-state index in [2.05, 4.69) is 25.1 Å². The molecular formula is C11H14N2S. The van der Waals surface area contributed by atoms with Gasteiger partial charge in [-0.05, 0) is 43.6 Å². The van der Waals surface area contributed by atoms with Gasteiger partial charge in [-0.3, -0.25) is 0 Å². The lowest BCUT2D eigenvalue weighted by Gasteiger charge is -2.35. The number of rotatable bonds is 0. The Balaban J connectivity index is 2.46. The lowest BCUT2D eigenvalue weighted by molar-refractivity contribution is 0.629. The van der Waals surface area contributed by atoms with Crippen molar-refractivity contribution in [2.45, 2.75) is 25.8 Å². The van der Waals surface area contributed by atoms with Crippen LogP contribution in [-0.4, -0.2) is 11.2 Å². The first-order valence-corrected chi connectivity index (χ1v) is 5.27. The van der Waals surface area contributed by atoms with Gasteiger partial charge in [-0.15, -0.1) is 0 Å². The molecule has 2 N–H and O–H groups in total. The molecule has 1 aromatic rings. The molecule has 1 atom stereocenters. The molecule has 0 aromatic heterocycles. The average molecular weight is 206 g/mol. The van der Waals surface area contributed by atoms with Gasteiger partial charge in [-0.25, -0.2) is 0 Å². The van der Waals surface area contributed by atoms with E-state index in [1.807, 2.05) is 11.0 Å². The third-order valence-corrected chi connectivity index (χ3v) is 2.96. The van der Waals surface area contributed by atoms with Crippen LogP contribution in [0.25, 0.3) is 0 Å². The minimum absolute atomic E-state index is 0.419. The van der Waals surface area contributed by atoms with Crippen LogP contribution in [0.3, 0.4) is 0 Å². The highest BCUT2D eigenvalue weighted by Gasteiger charge is 2.23. The van der Waals surface area contributed by atoms with Gasteiger partial charge >= 0.3 is 0 Å². The smallest absolute Gasteiger partial charge is 0.171 e. The minimum atomic E-state index is 0.419. The molecule has 2 nitrogen and oxygen atoms in total. The minimum Gasteiger partial charge on any atom is -0.376 e. The van der Waals surface area contributed by atoms with Gasteiger partial charge in [-0.1, -0.05) is 18.2 Å². The molecule has 0 radical (unpaired) electrons. The Morgan fingerprint density at radius 3 is 2.93 bits per heavy atom. The van der Waals surface area contributed by atoms with E-state index in [-0.39, 0.29) is 0 Å². The van der Waals surface area contributed by atoms with Crippen LogP contribution >= 0.6 is 12.2 Å². The Morgan fingerprint density at radius 1 is 1.50 bits per heavy atom. The molecule has 0 fully saturated rings. The summed E-state index contributed by atoms with van der Waals surface area (Å²) in [6, 6.07) is 8.74. The van der Waals surface area contributed by atoms with Crippen LogP contribution in [-0.2, 0) is 6.42 Å². The van der Waals surface area contributed by atoms with Gasteiger partial charge in [0.25, 0.3) is 0 Å². The fraction of sp³-hybridized carbons (Fsp3) is 0.364. The van der Waals surface area contributed by atoms with E-state index < -0.39 is 0 Å². The van der Waals surface area contributed by atoms with E-state index in [1.54, 1.807) is 0 Å². The number of fused-ring (bicyclic) bond motifs is 1. The third kappa shape index (κ3) is 1.48. The maximum Gasteiger partial charge on any atom is 0.171 e. The van der Waals surface area contributed by atoms with Crippen LogP contribution in [0, 0.1) is 0 Å². The van der Waals surface area contributed by atoms with Crippen LogP contribution in [0.2, 0.25) is 0 Å². The summed E-state index contributed by atoms with van der Waals surface area (Å²) in [6.45, 7) is 2.16. The van der Waals surface area contributed by atoms with E-state index in [0.717, 1.165) is 12.8 Å². The summed E-state index contributed by atoms with van der Waals surface area (Å²) in [5, 5.41) is 0.477. The lowest BCUT2D eigenvalue weighted by atomic mass is 9.97. The Hall–Kier alpha value is -1.09. The second kappa shape index (κ2) is 3.58. The summed E-state index contributed by atoms with van der Waals surface area (Å²) in [4.78, 5) is 2.05. The van der Waals surface area contributed by atoms with Crippen molar-refractivity contribution in [1.29, 1.82) is 0 Å². The van der Waals surface area contributed by atoms with Crippen molar-refractivity contribution >= 4 is 23.0 Å². The van der Waals surface area contributed by atoms with Crippen molar-refractivity contribution in [2.75, 3.05) is 4.90 Å². The van der Waals surface area contributed by atoms with Gasteiger partial charge in [0, 0.05) is 11.7 Å². The topological polar surface area (TPSA) is 29.3 Å². The number of benzene rings is 1. The van der Waals surface area contributed by atoms with E-state index in [9.17, 15) is 0 Å². The normalized spacial score (nSPS) is 20.4. The van der Waals surface area contributed by atoms with Crippen molar-refractivity contribution < 1.29 is 0 Å².